The van der Waals surface area contributed by atoms with E-state index in [4.69, 9.17) is 33.3 Å². The van der Waals surface area contributed by atoms with Crippen LogP contribution in [0.4, 0.5) is 5.69 Å². The van der Waals surface area contributed by atoms with Crippen LogP contribution >= 0.6 is 23.2 Å². The SMILES string of the molecule is COc1ccc2c(c1)n(-c1ccc(-c3cc(Cl)ccc3NC(C)=O)nc1)c(=N)n2Cc1ccccc1Cl. The summed E-state index contributed by atoms with van der Waals surface area (Å²) in [6.45, 7) is 1.89. The van der Waals surface area contributed by atoms with Gasteiger partial charge in [-0.2, -0.15) is 0 Å². The maximum absolute atomic E-state index is 11.7. The molecule has 186 valence electrons. The highest BCUT2D eigenvalue weighted by atomic mass is 35.5. The van der Waals surface area contributed by atoms with Crippen molar-refractivity contribution < 1.29 is 9.53 Å². The zero-order valence-electron chi connectivity index (χ0n) is 20.1. The zero-order valence-corrected chi connectivity index (χ0v) is 21.6. The van der Waals surface area contributed by atoms with E-state index >= 15 is 0 Å². The second kappa shape index (κ2) is 10.1. The molecular formula is C28H23Cl2N5O2. The number of pyridine rings is 1. The standard InChI is InChI=1S/C28H23Cl2N5O2/c1-17(36)33-25-10-7-19(29)13-22(25)24-11-8-20(15-32-24)35-27-14-21(37-2)9-12-26(27)34(28(35)31)16-18-5-3-4-6-23(18)30/h3-15,31H,16H2,1-2H3,(H,33,36). The molecule has 0 aliphatic rings. The fourth-order valence-electron chi connectivity index (χ4n) is 4.31. The molecule has 0 aliphatic heterocycles. The second-order valence-electron chi connectivity index (χ2n) is 8.46. The number of carbonyl (C=O) groups excluding carboxylic acids is 1. The van der Waals surface area contributed by atoms with E-state index in [1.54, 1.807) is 31.5 Å². The summed E-state index contributed by atoms with van der Waals surface area (Å²) in [5.74, 6) is 0.495. The Morgan fingerprint density at radius 3 is 2.54 bits per heavy atom. The molecule has 37 heavy (non-hydrogen) atoms. The van der Waals surface area contributed by atoms with Gasteiger partial charge < -0.3 is 14.6 Å². The Balaban J connectivity index is 1.63. The molecular weight excluding hydrogens is 509 g/mol. The van der Waals surface area contributed by atoms with Crippen LogP contribution in [-0.2, 0) is 11.3 Å². The summed E-state index contributed by atoms with van der Waals surface area (Å²) in [6, 6.07) is 22.3. The third kappa shape index (κ3) is 4.83. The topological polar surface area (TPSA) is 84.9 Å². The van der Waals surface area contributed by atoms with E-state index in [0.29, 0.717) is 45.0 Å². The molecule has 2 N–H and O–H groups in total. The zero-order chi connectivity index (χ0) is 26.1. The Hall–Kier alpha value is -4.07. The molecule has 0 saturated heterocycles. The first-order chi connectivity index (χ1) is 17.9. The van der Waals surface area contributed by atoms with E-state index in [1.807, 2.05) is 63.7 Å². The van der Waals surface area contributed by atoms with Crippen LogP contribution in [0, 0.1) is 5.41 Å². The lowest BCUT2D eigenvalue weighted by Crippen LogP contribution is -2.24. The van der Waals surface area contributed by atoms with Gasteiger partial charge in [-0.25, -0.2) is 0 Å². The van der Waals surface area contributed by atoms with Crippen LogP contribution < -0.4 is 15.7 Å². The number of fused-ring (bicyclic) bond motifs is 1. The normalized spacial score (nSPS) is 11.0. The lowest BCUT2D eigenvalue weighted by atomic mass is 10.1. The van der Waals surface area contributed by atoms with E-state index < -0.39 is 0 Å². The maximum Gasteiger partial charge on any atom is 0.221 e. The van der Waals surface area contributed by atoms with E-state index in [1.165, 1.54) is 6.92 Å². The van der Waals surface area contributed by atoms with Crippen molar-refractivity contribution in [3.63, 3.8) is 0 Å². The third-order valence-corrected chi connectivity index (χ3v) is 6.65. The van der Waals surface area contributed by atoms with Crippen LogP contribution in [-0.4, -0.2) is 27.1 Å². The van der Waals surface area contributed by atoms with E-state index in [2.05, 4.69) is 10.3 Å². The van der Waals surface area contributed by atoms with Crippen molar-refractivity contribution in [2.24, 2.45) is 0 Å². The van der Waals surface area contributed by atoms with Gasteiger partial charge in [0.05, 0.1) is 48.0 Å². The smallest absolute Gasteiger partial charge is 0.221 e. The summed E-state index contributed by atoms with van der Waals surface area (Å²) < 4.78 is 9.18. The Morgan fingerprint density at radius 1 is 1.03 bits per heavy atom. The number of ether oxygens (including phenoxy) is 1. The van der Waals surface area contributed by atoms with Gasteiger partial charge in [-0.05, 0) is 54.1 Å². The molecule has 7 nitrogen and oxygen atoms in total. The highest BCUT2D eigenvalue weighted by molar-refractivity contribution is 6.31. The number of imidazole rings is 1. The predicted molar refractivity (Wildman–Crippen MR) is 147 cm³/mol. The first kappa shape index (κ1) is 24.6. The molecule has 9 heteroatoms. The van der Waals surface area contributed by atoms with Crippen LogP contribution in [0.25, 0.3) is 28.0 Å². The number of nitrogens with one attached hydrogen (secondary N) is 2. The molecule has 2 aromatic heterocycles. The minimum Gasteiger partial charge on any atom is -0.497 e. The summed E-state index contributed by atoms with van der Waals surface area (Å²) in [7, 11) is 1.61. The number of benzene rings is 3. The van der Waals surface area contributed by atoms with Crippen molar-refractivity contribution in [3.8, 4) is 22.7 Å². The van der Waals surface area contributed by atoms with Gasteiger partial charge in [0.2, 0.25) is 11.5 Å². The number of rotatable bonds is 6. The van der Waals surface area contributed by atoms with Crippen molar-refractivity contribution in [1.29, 1.82) is 5.41 Å². The summed E-state index contributed by atoms with van der Waals surface area (Å²) in [5, 5.41) is 13.1. The molecule has 0 bridgehead atoms. The minimum absolute atomic E-state index is 0.185. The molecule has 0 fully saturated rings. The Labute approximate surface area is 223 Å². The van der Waals surface area contributed by atoms with E-state index in [-0.39, 0.29) is 11.5 Å². The molecule has 0 aliphatic carbocycles. The Morgan fingerprint density at radius 2 is 1.84 bits per heavy atom. The fraction of sp³-hybridized carbons (Fsp3) is 0.107. The molecule has 5 rings (SSSR count). The van der Waals surface area contributed by atoms with Crippen molar-refractivity contribution in [2.75, 3.05) is 12.4 Å². The van der Waals surface area contributed by atoms with Gasteiger partial charge in [-0.3, -0.25) is 19.8 Å². The molecule has 0 spiro atoms. The highest BCUT2D eigenvalue weighted by Gasteiger charge is 2.16. The van der Waals surface area contributed by atoms with Gasteiger partial charge in [0.15, 0.2) is 0 Å². The van der Waals surface area contributed by atoms with Gasteiger partial charge in [0.25, 0.3) is 0 Å². The minimum atomic E-state index is -0.185. The number of carbonyl (C=O) groups is 1. The van der Waals surface area contributed by atoms with Crippen LogP contribution in [0.5, 0.6) is 5.75 Å². The van der Waals surface area contributed by atoms with Gasteiger partial charge in [0, 0.05) is 28.6 Å². The Bertz CT molecular complexity index is 1690. The van der Waals surface area contributed by atoms with Crippen molar-refractivity contribution >= 4 is 45.8 Å². The maximum atomic E-state index is 11.7. The number of methoxy groups -OCH3 is 1. The molecule has 0 radical (unpaired) electrons. The van der Waals surface area contributed by atoms with Crippen LogP contribution in [0.1, 0.15) is 12.5 Å². The van der Waals surface area contributed by atoms with E-state index in [0.717, 1.165) is 16.6 Å². The third-order valence-electron chi connectivity index (χ3n) is 6.04. The van der Waals surface area contributed by atoms with Gasteiger partial charge in [-0.15, -0.1) is 0 Å². The first-order valence-electron chi connectivity index (χ1n) is 11.5. The van der Waals surface area contributed by atoms with Gasteiger partial charge in [0.1, 0.15) is 5.75 Å². The summed E-state index contributed by atoms with van der Waals surface area (Å²) in [6.07, 6.45) is 1.70. The second-order valence-corrected chi connectivity index (χ2v) is 9.31. The molecule has 1 amide bonds. The molecule has 0 atom stereocenters. The molecule has 0 saturated carbocycles. The lowest BCUT2D eigenvalue weighted by molar-refractivity contribution is -0.114. The Kier molecular flexibility index (Phi) is 6.74. The number of amides is 1. The molecule has 5 aromatic rings. The number of hydrogen-bond acceptors (Lipinski definition) is 4. The average Bonchev–Trinajstić information content (AvgIpc) is 3.16. The fourth-order valence-corrected chi connectivity index (χ4v) is 4.68. The first-order valence-corrected chi connectivity index (χ1v) is 12.2. The van der Waals surface area contributed by atoms with E-state index in [9.17, 15) is 4.79 Å². The predicted octanol–water partition coefficient (Wildman–Crippen LogP) is 6.30. The molecule has 0 unspecified atom stereocenters. The van der Waals surface area contributed by atoms with Crippen LogP contribution in [0.15, 0.2) is 79.0 Å². The van der Waals surface area contributed by atoms with Crippen molar-refractivity contribution in [3.05, 3.63) is 100 Å². The molecule has 3 aromatic carbocycles. The largest absolute Gasteiger partial charge is 0.497 e. The highest BCUT2D eigenvalue weighted by Crippen LogP contribution is 2.31. The summed E-state index contributed by atoms with van der Waals surface area (Å²) >= 11 is 12.7. The lowest BCUT2D eigenvalue weighted by Gasteiger charge is -2.11. The number of halogens is 2. The van der Waals surface area contributed by atoms with Gasteiger partial charge >= 0.3 is 0 Å². The van der Waals surface area contributed by atoms with Crippen molar-refractivity contribution in [2.45, 2.75) is 13.5 Å². The van der Waals surface area contributed by atoms with Gasteiger partial charge in [-0.1, -0.05) is 41.4 Å². The van der Waals surface area contributed by atoms with Crippen LogP contribution in [0.3, 0.4) is 0 Å². The summed E-state index contributed by atoms with van der Waals surface area (Å²) in [4.78, 5) is 16.3. The quantitative estimate of drug-likeness (QED) is 0.269. The number of aromatic nitrogens is 3. The average molecular weight is 532 g/mol. The van der Waals surface area contributed by atoms with Crippen molar-refractivity contribution in [1.82, 2.24) is 14.1 Å². The number of hydrogen-bond donors (Lipinski definition) is 2. The van der Waals surface area contributed by atoms with Crippen LogP contribution in [0.2, 0.25) is 10.0 Å². The monoisotopic (exact) mass is 531 g/mol. The summed E-state index contributed by atoms with van der Waals surface area (Å²) in [5.41, 5.74) is 5.50. The number of nitrogens with zero attached hydrogens (tertiary/aromatic N) is 3. The number of anilines is 1. The molecule has 2 heterocycles.